The van der Waals surface area contributed by atoms with Crippen LogP contribution in [0, 0.1) is 13.8 Å². The van der Waals surface area contributed by atoms with Crippen molar-refractivity contribution in [2.75, 3.05) is 11.8 Å². The second-order valence-electron chi connectivity index (χ2n) is 6.37. The molecule has 8 nitrogen and oxygen atoms in total. The first-order chi connectivity index (χ1) is 11.9. The molecule has 0 atom stereocenters. The lowest BCUT2D eigenvalue weighted by molar-refractivity contribution is 0.410. The van der Waals surface area contributed by atoms with Crippen molar-refractivity contribution in [3.8, 4) is 0 Å². The van der Waals surface area contributed by atoms with Crippen LogP contribution in [0.2, 0.25) is 0 Å². The molecule has 1 heterocycles. The normalized spacial score (nSPS) is 12.8. The maximum absolute atomic E-state index is 12.6. The zero-order chi connectivity index (χ0) is 19.9. The largest absolute Gasteiger partial charge is 0.280 e. The third-order valence-electron chi connectivity index (χ3n) is 4.22. The summed E-state index contributed by atoms with van der Waals surface area (Å²) >= 11 is 0. The Morgan fingerprint density at radius 1 is 1.08 bits per heavy atom. The van der Waals surface area contributed by atoms with Gasteiger partial charge in [0.2, 0.25) is 10.0 Å². The molecule has 1 aromatic carbocycles. The van der Waals surface area contributed by atoms with Crippen LogP contribution in [0.15, 0.2) is 34.1 Å². The van der Waals surface area contributed by atoms with Crippen molar-refractivity contribution in [2.45, 2.75) is 43.5 Å². The average Bonchev–Trinajstić information content (AvgIpc) is 2.79. The summed E-state index contributed by atoms with van der Waals surface area (Å²) in [6, 6.07) is 5.44. The Kier molecular flexibility index (Phi) is 5.50. The zero-order valence-corrected chi connectivity index (χ0v) is 17.3. The highest BCUT2D eigenvalue weighted by Gasteiger charge is 2.25. The first-order valence-corrected chi connectivity index (χ1v) is 10.9. The number of aryl methyl sites for hydroxylation is 2. The average molecular weight is 401 g/mol. The quantitative estimate of drug-likeness (QED) is 0.798. The Labute approximate surface area is 154 Å². The monoisotopic (exact) mass is 400 g/mol. The molecule has 0 fully saturated rings. The lowest BCUT2D eigenvalue weighted by Gasteiger charge is -2.21. The van der Waals surface area contributed by atoms with E-state index in [1.54, 1.807) is 34.7 Å². The van der Waals surface area contributed by atoms with Gasteiger partial charge in [-0.15, -0.1) is 0 Å². The van der Waals surface area contributed by atoms with E-state index in [-0.39, 0.29) is 21.5 Å². The summed E-state index contributed by atoms with van der Waals surface area (Å²) in [6.45, 7) is 6.85. The van der Waals surface area contributed by atoms with Gasteiger partial charge in [0.25, 0.3) is 10.0 Å². The van der Waals surface area contributed by atoms with Gasteiger partial charge >= 0.3 is 0 Å². The predicted molar refractivity (Wildman–Crippen MR) is 100 cm³/mol. The standard InChI is InChI=1S/C16H24N4O4S2/c1-11(2)20(6)26(23,24)15-9-7-14(8-10-15)18-25(21,22)16-12(3)17-19(5)13(16)4/h7-11,18H,1-6H3. The number of sulfonamides is 2. The van der Waals surface area contributed by atoms with Crippen molar-refractivity contribution in [1.29, 1.82) is 0 Å². The molecule has 0 saturated carbocycles. The van der Waals surface area contributed by atoms with E-state index in [2.05, 4.69) is 9.82 Å². The summed E-state index contributed by atoms with van der Waals surface area (Å²) in [5.74, 6) is 0. The fourth-order valence-corrected chi connectivity index (χ4v) is 5.35. The van der Waals surface area contributed by atoms with Crippen LogP contribution < -0.4 is 4.72 Å². The van der Waals surface area contributed by atoms with Gasteiger partial charge in [-0.2, -0.15) is 9.40 Å². The molecule has 10 heteroatoms. The van der Waals surface area contributed by atoms with Crippen LogP contribution in [-0.4, -0.2) is 44.0 Å². The molecule has 0 aliphatic carbocycles. The highest BCUT2D eigenvalue weighted by Crippen LogP contribution is 2.24. The van der Waals surface area contributed by atoms with E-state index < -0.39 is 20.0 Å². The third kappa shape index (κ3) is 3.76. The molecule has 0 bridgehead atoms. The highest BCUT2D eigenvalue weighted by molar-refractivity contribution is 7.92. The van der Waals surface area contributed by atoms with Crippen molar-refractivity contribution in [3.63, 3.8) is 0 Å². The van der Waals surface area contributed by atoms with Gasteiger partial charge in [-0.3, -0.25) is 9.40 Å². The number of hydrogen-bond acceptors (Lipinski definition) is 5. The third-order valence-corrected chi connectivity index (χ3v) is 7.90. The SMILES string of the molecule is Cc1nn(C)c(C)c1S(=O)(=O)Nc1ccc(S(=O)(=O)N(C)C(C)C)cc1. The Hall–Kier alpha value is -1.91. The number of nitrogens with one attached hydrogen (secondary N) is 1. The van der Waals surface area contributed by atoms with Crippen LogP contribution in [0.1, 0.15) is 25.2 Å². The summed E-state index contributed by atoms with van der Waals surface area (Å²) < 4.78 is 55.4. The number of rotatable bonds is 6. The van der Waals surface area contributed by atoms with Crippen LogP contribution in [0.5, 0.6) is 0 Å². The molecule has 1 N–H and O–H groups in total. The minimum atomic E-state index is -3.83. The van der Waals surface area contributed by atoms with Crippen LogP contribution in [0.25, 0.3) is 0 Å². The lowest BCUT2D eigenvalue weighted by atomic mass is 10.3. The summed E-state index contributed by atoms with van der Waals surface area (Å²) in [7, 11) is -4.27. The van der Waals surface area contributed by atoms with Crippen LogP contribution in [0.4, 0.5) is 5.69 Å². The van der Waals surface area contributed by atoms with E-state index in [0.717, 1.165) is 0 Å². The smallest absolute Gasteiger partial charge is 0.265 e. The molecule has 2 rings (SSSR count). The van der Waals surface area contributed by atoms with Gasteiger partial charge in [0.05, 0.1) is 16.3 Å². The first-order valence-electron chi connectivity index (χ1n) is 7.99. The number of benzene rings is 1. The number of aromatic nitrogens is 2. The van der Waals surface area contributed by atoms with Crippen LogP contribution in [0.3, 0.4) is 0 Å². The molecule has 2 aromatic rings. The molecule has 144 valence electrons. The first kappa shape index (κ1) is 20.4. The van der Waals surface area contributed by atoms with E-state index in [1.165, 1.54) is 40.3 Å². The number of nitrogens with zero attached hydrogens (tertiary/aromatic N) is 3. The van der Waals surface area contributed by atoms with Gasteiger partial charge in [0.15, 0.2) is 0 Å². The van der Waals surface area contributed by atoms with Crippen LogP contribution >= 0.6 is 0 Å². The van der Waals surface area contributed by atoms with E-state index in [1.807, 2.05) is 0 Å². The Morgan fingerprint density at radius 2 is 1.62 bits per heavy atom. The topological polar surface area (TPSA) is 101 Å². The lowest BCUT2D eigenvalue weighted by Crippen LogP contribution is -2.33. The fraction of sp³-hybridized carbons (Fsp3) is 0.438. The van der Waals surface area contributed by atoms with Gasteiger partial charge in [-0.25, -0.2) is 16.8 Å². The van der Waals surface area contributed by atoms with Gasteiger partial charge < -0.3 is 0 Å². The Morgan fingerprint density at radius 3 is 2.04 bits per heavy atom. The highest BCUT2D eigenvalue weighted by atomic mass is 32.2. The molecule has 0 aliphatic rings. The minimum absolute atomic E-state index is 0.102. The van der Waals surface area contributed by atoms with Gasteiger partial charge in [-0.1, -0.05) is 0 Å². The molecule has 1 aromatic heterocycles. The molecule has 26 heavy (non-hydrogen) atoms. The summed E-state index contributed by atoms with van der Waals surface area (Å²) in [5.41, 5.74) is 1.20. The minimum Gasteiger partial charge on any atom is -0.280 e. The molecule has 0 amide bonds. The van der Waals surface area contributed by atoms with E-state index in [4.69, 9.17) is 0 Å². The Balaban J connectivity index is 2.32. The summed E-state index contributed by atoms with van der Waals surface area (Å²) in [4.78, 5) is 0.224. The van der Waals surface area contributed by atoms with Gasteiger partial charge in [-0.05, 0) is 52.0 Å². The molecule has 0 saturated heterocycles. The second kappa shape index (κ2) is 7.01. The maximum atomic E-state index is 12.6. The van der Waals surface area contributed by atoms with Crippen molar-refractivity contribution in [3.05, 3.63) is 35.7 Å². The zero-order valence-electron chi connectivity index (χ0n) is 15.7. The van der Waals surface area contributed by atoms with Gasteiger partial charge in [0.1, 0.15) is 4.90 Å². The molecule has 0 radical (unpaired) electrons. The molecular formula is C16H24N4O4S2. The fourth-order valence-electron chi connectivity index (χ4n) is 2.49. The molecule has 0 spiro atoms. The number of anilines is 1. The van der Waals surface area contributed by atoms with E-state index >= 15 is 0 Å². The Bertz CT molecular complexity index is 1010. The summed E-state index contributed by atoms with van der Waals surface area (Å²) in [5, 5.41) is 4.11. The second-order valence-corrected chi connectivity index (χ2v) is 9.99. The van der Waals surface area contributed by atoms with Gasteiger partial charge in [0, 0.05) is 25.8 Å². The number of hydrogen-bond donors (Lipinski definition) is 1. The molecule has 0 aliphatic heterocycles. The van der Waals surface area contributed by atoms with Crippen molar-refractivity contribution < 1.29 is 16.8 Å². The molecular weight excluding hydrogens is 376 g/mol. The van der Waals surface area contributed by atoms with Crippen molar-refractivity contribution in [1.82, 2.24) is 14.1 Å². The van der Waals surface area contributed by atoms with Crippen LogP contribution in [-0.2, 0) is 27.1 Å². The van der Waals surface area contributed by atoms with E-state index in [9.17, 15) is 16.8 Å². The maximum Gasteiger partial charge on any atom is 0.265 e. The van der Waals surface area contributed by atoms with E-state index in [0.29, 0.717) is 11.4 Å². The van der Waals surface area contributed by atoms with Crippen molar-refractivity contribution >= 4 is 25.7 Å². The van der Waals surface area contributed by atoms with Crippen molar-refractivity contribution in [2.24, 2.45) is 7.05 Å². The predicted octanol–water partition coefficient (Wildman–Crippen LogP) is 1.87. The molecule has 0 unspecified atom stereocenters. The summed E-state index contributed by atoms with van der Waals surface area (Å²) in [6.07, 6.45) is 0.